The molecule has 3 amide bonds. The normalized spacial score (nSPS) is 10.4. The van der Waals surface area contributed by atoms with Gasteiger partial charge in [-0.1, -0.05) is 61.0 Å². The van der Waals surface area contributed by atoms with E-state index >= 15 is 0 Å². The van der Waals surface area contributed by atoms with E-state index in [1.54, 1.807) is 35.7 Å². The first-order valence-corrected chi connectivity index (χ1v) is 12.3. The number of methoxy groups -OCH3 is 1. The molecule has 0 bridgehead atoms. The third-order valence-corrected chi connectivity index (χ3v) is 5.92. The van der Waals surface area contributed by atoms with E-state index in [-0.39, 0.29) is 31.2 Å². The molecule has 0 saturated heterocycles. The summed E-state index contributed by atoms with van der Waals surface area (Å²) in [6.07, 6.45) is 2.35. The zero-order valence-electron chi connectivity index (χ0n) is 21.0. The maximum atomic E-state index is 13.3. The molecule has 3 aromatic rings. The number of benzene rings is 3. The minimum absolute atomic E-state index is 0.0879. The van der Waals surface area contributed by atoms with Crippen molar-refractivity contribution < 1.29 is 24.3 Å². The van der Waals surface area contributed by atoms with Gasteiger partial charge < -0.3 is 15.0 Å². The van der Waals surface area contributed by atoms with Crippen molar-refractivity contribution in [1.29, 1.82) is 0 Å². The van der Waals surface area contributed by atoms with Gasteiger partial charge in [0.25, 0.3) is 5.91 Å². The lowest BCUT2D eigenvalue weighted by Crippen LogP contribution is -2.31. The predicted molar refractivity (Wildman–Crippen MR) is 141 cm³/mol. The minimum Gasteiger partial charge on any atom is -0.495 e. The molecule has 8 nitrogen and oxygen atoms in total. The minimum atomic E-state index is -0.435. The molecule has 37 heavy (non-hydrogen) atoms. The van der Waals surface area contributed by atoms with Gasteiger partial charge in [0.1, 0.15) is 5.75 Å². The number of hydrogen-bond donors (Lipinski definition) is 3. The van der Waals surface area contributed by atoms with Crippen molar-refractivity contribution in [3.8, 4) is 5.75 Å². The number of ether oxygens (including phenoxy) is 1. The third-order valence-electron chi connectivity index (χ3n) is 5.92. The lowest BCUT2D eigenvalue weighted by molar-refractivity contribution is -0.129. The van der Waals surface area contributed by atoms with Crippen LogP contribution in [0, 0.1) is 0 Å². The molecule has 194 valence electrons. The van der Waals surface area contributed by atoms with Crippen molar-refractivity contribution >= 4 is 23.4 Å². The van der Waals surface area contributed by atoms with Crippen LogP contribution in [0.2, 0.25) is 0 Å². The molecule has 3 rings (SSSR count). The van der Waals surface area contributed by atoms with Gasteiger partial charge in [0, 0.05) is 24.9 Å². The Kier molecular flexibility index (Phi) is 10.7. The van der Waals surface area contributed by atoms with Crippen LogP contribution in [0.1, 0.15) is 53.6 Å². The van der Waals surface area contributed by atoms with Crippen LogP contribution in [0.5, 0.6) is 5.75 Å². The van der Waals surface area contributed by atoms with E-state index in [0.717, 1.165) is 11.1 Å². The SMILES string of the molecule is COc1ccccc1N(Cc1cccc(C(=O)NCc2ccccc2)c1)C(=O)CCCCCC(=O)NO. The second-order valence-corrected chi connectivity index (χ2v) is 8.62. The fourth-order valence-electron chi connectivity index (χ4n) is 3.96. The van der Waals surface area contributed by atoms with Crippen molar-refractivity contribution in [1.82, 2.24) is 10.8 Å². The van der Waals surface area contributed by atoms with Crippen LogP contribution >= 0.6 is 0 Å². The highest BCUT2D eigenvalue weighted by Crippen LogP contribution is 2.30. The molecular formula is C29H33N3O5. The maximum absolute atomic E-state index is 13.3. The molecule has 0 atom stereocenters. The number of unbranched alkanes of at least 4 members (excludes halogenated alkanes) is 2. The standard InChI is InChI=1S/C29H33N3O5/c1-37-26-16-9-8-15-25(26)32(28(34)18-7-3-6-17-27(33)31-36)21-23-13-10-14-24(19-23)29(35)30-20-22-11-4-2-5-12-22/h2,4-5,8-16,19,36H,3,6-7,17-18,20-21H2,1H3,(H,30,35)(H,31,33). The van der Waals surface area contributed by atoms with Gasteiger partial charge in [0.15, 0.2) is 0 Å². The Bertz CT molecular complexity index is 1180. The molecule has 0 saturated carbocycles. The lowest BCUT2D eigenvalue weighted by atomic mass is 10.1. The van der Waals surface area contributed by atoms with Gasteiger partial charge in [-0.15, -0.1) is 0 Å². The van der Waals surface area contributed by atoms with E-state index in [1.807, 2.05) is 60.7 Å². The number of hydrogen-bond acceptors (Lipinski definition) is 5. The van der Waals surface area contributed by atoms with E-state index in [9.17, 15) is 14.4 Å². The zero-order chi connectivity index (χ0) is 26.5. The monoisotopic (exact) mass is 503 g/mol. The molecular weight excluding hydrogens is 470 g/mol. The highest BCUT2D eigenvalue weighted by molar-refractivity contribution is 5.96. The molecule has 0 aliphatic rings. The zero-order valence-corrected chi connectivity index (χ0v) is 21.0. The number of para-hydroxylation sites is 2. The average Bonchev–Trinajstić information content (AvgIpc) is 2.94. The molecule has 0 aromatic heterocycles. The lowest BCUT2D eigenvalue weighted by Gasteiger charge is -2.25. The first kappa shape index (κ1) is 27.4. The van der Waals surface area contributed by atoms with Crippen LogP contribution in [-0.4, -0.2) is 30.0 Å². The molecule has 0 radical (unpaired) electrons. The molecule has 0 spiro atoms. The molecule has 8 heteroatoms. The van der Waals surface area contributed by atoms with Crippen molar-refractivity contribution in [2.45, 2.75) is 45.2 Å². The fourth-order valence-corrected chi connectivity index (χ4v) is 3.96. The molecule has 3 N–H and O–H groups in total. The smallest absolute Gasteiger partial charge is 0.251 e. The first-order chi connectivity index (χ1) is 18.0. The summed E-state index contributed by atoms with van der Waals surface area (Å²) < 4.78 is 5.51. The molecule has 0 fully saturated rings. The van der Waals surface area contributed by atoms with Gasteiger partial charge >= 0.3 is 0 Å². The molecule has 0 heterocycles. The first-order valence-electron chi connectivity index (χ1n) is 12.3. The van der Waals surface area contributed by atoms with Crippen molar-refractivity contribution in [2.24, 2.45) is 0 Å². The van der Waals surface area contributed by atoms with E-state index in [2.05, 4.69) is 5.32 Å². The summed E-state index contributed by atoms with van der Waals surface area (Å²) in [6.45, 7) is 0.696. The number of carbonyl (C=O) groups is 3. The summed E-state index contributed by atoms with van der Waals surface area (Å²) in [5, 5.41) is 11.5. The highest BCUT2D eigenvalue weighted by atomic mass is 16.5. The Labute approximate surface area is 217 Å². The van der Waals surface area contributed by atoms with E-state index in [0.29, 0.717) is 42.8 Å². The Morgan fingerprint density at radius 1 is 0.838 bits per heavy atom. The van der Waals surface area contributed by atoms with Gasteiger partial charge in [-0.25, -0.2) is 5.48 Å². The quantitative estimate of drug-likeness (QED) is 0.179. The van der Waals surface area contributed by atoms with E-state index in [1.165, 1.54) is 0 Å². The summed E-state index contributed by atoms with van der Waals surface area (Å²) in [7, 11) is 1.56. The molecule has 0 aliphatic carbocycles. The van der Waals surface area contributed by atoms with Crippen LogP contribution < -0.4 is 20.4 Å². The number of nitrogens with zero attached hydrogens (tertiary/aromatic N) is 1. The van der Waals surface area contributed by atoms with Crippen LogP contribution in [0.25, 0.3) is 0 Å². The largest absolute Gasteiger partial charge is 0.495 e. The van der Waals surface area contributed by atoms with Gasteiger partial charge in [0.2, 0.25) is 11.8 Å². The van der Waals surface area contributed by atoms with Gasteiger partial charge in [-0.2, -0.15) is 0 Å². The van der Waals surface area contributed by atoms with Crippen molar-refractivity contribution in [2.75, 3.05) is 12.0 Å². The summed E-state index contributed by atoms with van der Waals surface area (Å²) >= 11 is 0. The number of carbonyl (C=O) groups excluding carboxylic acids is 3. The second kappa shape index (κ2) is 14.4. The summed E-state index contributed by atoms with van der Waals surface area (Å²) in [6, 6.07) is 24.3. The average molecular weight is 504 g/mol. The van der Waals surface area contributed by atoms with Gasteiger partial charge in [-0.3, -0.25) is 19.6 Å². The number of rotatable bonds is 13. The van der Waals surface area contributed by atoms with E-state index in [4.69, 9.17) is 9.94 Å². The Balaban J connectivity index is 1.71. The van der Waals surface area contributed by atoms with Crippen LogP contribution in [0.3, 0.4) is 0 Å². The van der Waals surface area contributed by atoms with E-state index < -0.39 is 5.91 Å². The fraction of sp³-hybridized carbons (Fsp3) is 0.276. The molecule has 0 aliphatic heterocycles. The summed E-state index contributed by atoms with van der Waals surface area (Å²) in [5.41, 5.74) is 4.60. The molecule has 3 aromatic carbocycles. The topological polar surface area (TPSA) is 108 Å². The van der Waals surface area contributed by atoms with Crippen LogP contribution in [0.4, 0.5) is 5.69 Å². The second-order valence-electron chi connectivity index (χ2n) is 8.62. The summed E-state index contributed by atoms with van der Waals surface area (Å²) in [5.74, 6) is -0.135. The molecule has 0 unspecified atom stereocenters. The highest BCUT2D eigenvalue weighted by Gasteiger charge is 2.20. The van der Waals surface area contributed by atoms with Gasteiger partial charge in [0.05, 0.1) is 19.3 Å². The van der Waals surface area contributed by atoms with Crippen molar-refractivity contribution in [3.63, 3.8) is 0 Å². The Hall–Kier alpha value is -4.17. The Morgan fingerprint density at radius 3 is 2.30 bits per heavy atom. The number of nitrogens with one attached hydrogen (secondary N) is 2. The van der Waals surface area contributed by atoms with Crippen LogP contribution in [0.15, 0.2) is 78.9 Å². The third kappa shape index (κ3) is 8.47. The Morgan fingerprint density at radius 2 is 1.54 bits per heavy atom. The number of anilines is 1. The number of hydroxylamine groups is 1. The van der Waals surface area contributed by atoms with Gasteiger partial charge in [-0.05, 0) is 48.2 Å². The summed E-state index contributed by atoms with van der Waals surface area (Å²) in [4.78, 5) is 38.9. The number of amides is 3. The van der Waals surface area contributed by atoms with Crippen LogP contribution in [-0.2, 0) is 22.7 Å². The predicted octanol–water partition coefficient (Wildman–Crippen LogP) is 4.61. The van der Waals surface area contributed by atoms with Crippen molar-refractivity contribution in [3.05, 3.63) is 95.6 Å². The maximum Gasteiger partial charge on any atom is 0.251 e.